The van der Waals surface area contributed by atoms with Crippen molar-refractivity contribution in [2.24, 2.45) is 0 Å². The van der Waals surface area contributed by atoms with Crippen molar-refractivity contribution in [3.63, 3.8) is 0 Å². The van der Waals surface area contributed by atoms with Crippen molar-refractivity contribution in [1.82, 2.24) is 9.97 Å². The van der Waals surface area contributed by atoms with Crippen LogP contribution < -0.4 is 10.1 Å². The summed E-state index contributed by atoms with van der Waals surface area (Å²) in [6.07, 6.45) is 0. The normalized spacial score (nSPS) is 10.3. The van der Waals surface area contributed by atoms with Crippen LogP contribution in [0.25, 0.3) is 0 Å². The van der Waals surface area contributed by atoms with Crippen molar-refractivity contribution in [2.45, 2.75) is 20.8 Å². The monoisotopic (exact) mass is 277 g/mol. The molecular formula is C13H15N3O2S. The first-order valence-corrected chi connectivity index (χ1v) is 6.65. The molecule has 2 aromatic rings. The van der Waals surface area contributed by atoms with Crippen LogP contribution in [0.1, 0.15) is 26.6 Å². The van der Waals surface area contributed by atoms with Gasteiger partial charge >= 0.3 is 6.01 Å². The summed E-state index contributed by atoms with van der Waals surface area (Å²) in [5, 5.41) is 4.79. The highest BCUT2D eigenvalue weighted by atomic mass is 32.1. The van der Waals surface area contributed by atoms with Gasteiger partial charge in [-0.1, -0.05) is 0 Å². The maximum atomic E-state index is 12.1. The summed E-state index contributed by atoms with van der Waals surface area (Å²) in [7, 11) is 1.51. The molecule has 0 aromatic carbocycles. The molecular weight excluding hydrogens is 262 g/mol. The number of thiophene rings is 1. The number of nitrogens with one attached hydrogen (secondary N) is 1. The molecule has 1 amide bonds. The van der Waals surface area contributed by atoms with E-state index in [0.717, 1.165) is 5.56 Å². The maximum Gasteiger partial charge on any atom is 0.316 e. The molecule has 0 saturated heterocycles. The van der Waals surface area contributed by atoms with Gasteiger partial charge in [-0.2, -0.15) is 9.97 Å². The van der Waals surface area contributed by atoms with Crippen molar-refractivity contribution in [3.8, 4) is 6.01 Å². The number of hydrogen-bond donors (Lipinski definition) is 1. The van der Waals surface area contributed by atoms with Gasteiger partial charge in [-0.3, -0.25) is 4.79 Å². The van der Waals surface area contributed by atoms with E-state index in [9.17, 15) is 4.79 Å². The molecule has 0 aliphatic rings. The van der Waals surface area contributed by atoms with Gasteiger partial charge in [-0.05, 0) is 37.8 Å². The Morgan fingerprint density at radius 2 is 1.89 bits per heavy atom. The summed E-state index contributed by atoms with van der Waals surface area (Å²) < 4.78 is 4.99. The average molecular weight is 277 g/mol. The van der Waals surface area contributed by atoms with Crippen LogP contribution in [-0.4, -0.2) is 23.0 Å². The van der Waals surface area contributed by atoms with Gasteiger partial charge in [0.15, 0.2) is 0 Å². The number of ether oxygens (including phenoxy) is 1. The standard InChI is InChI=1S/C13H15N3O2S/c1-7-5-10(19-6-7)12(17)16-11-8(2)14-13(18-4)15-9(11)3/h5-6H,1-4H3,(H,16,17). The van der Waals surface area contributed by atoms with Crippen molar-refractivity contribution in [3.05, 3.63) is 33.3 Å². The summed E-state index contributed by atoms with van der Waals surface area (Å²) in [5.41, 5.74) is 3.09. The maximum absolute atomic E-state index is 12.1. The minimum absolute atomic E-state index is 0.141. The largest absolute Gasteiger partial charge is 0.467 e. The number of rotatable bonds is 3. The molecule has 0 spiro atoms. The summed E-state index contributed by atoms with van der Waals surface area (Å²) in [5.74, 6) is -0.141. The smallest absolute Gasteiger partial charge is 0.316 e. The summed E-state index contributed by atoms with van der Waals surface area (Å²) in [6.45, 7) is 5.58. The van der Waals surface area contributed by atoms with E-state index in [2.05, 4.69) is 15.3 Å². The highest BCUT2D eigenvalue weighted by molar-refractivity contribution is 7.12. The van der Waals surface area contributed by atoms with Gasteiger partial charge in [0.05, 0.1) is 29.1 Å². The van der Waals surface area contributed by atoms with Crippen LogP contribution >= 0.6 is 11.3 Å². The quantitative estimate of drug-likeness (QED) is 0.937. The molecule has 0 unspecified atom stereocenters. The highest BCUT2D eigenvalue weighted by Crippen LogP contribution is 2.21. The number of nitrogens with zero attached hydrogens (tertiary/aromatic N) is 2. The lowest BCUT2D eigenvalue weighted by molar-refractivity contribution is 0.103. The molecule has 19 heavy (non-hydrogen) atoms. The molecule has 5 nitrogen and oxygen atoms in total. The Balaban J connectivity index is 2.26. The Morgan fingerprint density at radius 3 is 2.37 bits per heavy atom. The molecule has 0 aliphatic carbocycles. The molecule has 0 radical (unpaired) electrons. The third-order valence-corrected chi connectivity index (χ3v) is 3.67. The molecule has 0 fully saturated rings. The van der Waals surface area contributed by atoms with Crippen LogP contribution in [0.2, 0.25) is 0 Å². The Bertz CT molecular complexity index is 599. The molecule has 6 heteroatoms. The van der Waals surface area contributed by atoms with E-state index in [1.807, 2.05) is 32.2 Å². The van der Waals surface area contributed by atoms with E-state index >= 15 is 0 Å². The van der Waals surface area contributed by atoms with E-state index in [0.29, 0.717) is 28.0 Å². The third-order valence-electron chi connectivity index (χ3n) is 2.63. The van der Waals surface area contributed by atoms with Crippen molar-refractivity contribution in [1.29, 1.82) is 0 Å². The van der Waals surface area contributed by atoms with Crippen molar-refractivity contribution in [2.75, 3.05) is 12.4 Å². The highest BCUT2D eigenvalue weighted by Gasteiger charge is 2.14. The van der Waals surface area contributed by atoms with E-state index in [-0.39, 0.29) is 5.91 Å². The predicted octanol–water partition coefficient (Wildman–Crippen LogP) is 2.72. The number of aromatic nitrogens is 2. The topological polar surface area (TPSA) is 64.1 Å². The van der Waals surface area contributed by atoms with Gasteiger partial charge in [0, 0.05) is 0 Å². The average Bonchev–Trinajstić information content (AvgIpc) is 2.80. The Kier molecular flexibility index (Phi) is 3.80. The number of anilines is 1. The van der Waals surface area contributed by atoms with Crippen LogP contribution in [0.15, 0.2) is 11.4 Å². The molecule has 2 rings (SSSR count). The molecule has 0 bridgehead atoms. The first-order chi connectivity index (χ1) is 9.01. The van der Waals surface area contributed by atoms with Crippen LogP contribution in [0, 0.1) is 20.8 Å². The van der Waals surface area contributed by atoms with Crippen LogP contribution in [-0.2, 0) is 0 Å². The lowest BCUT2D eigenvalue weighted by Crippen LogP contribution is -2.14. The number of carbonyl (C=O) groups excluding carboxylic acids is 1. The molecule has 2 aromatic heterocycles. The zero-order chi connectivity index (χ0) is 14.0. The fraction of sp³-hybridized carbons (Fsp3) is 0.308. The zero-order valence-corrected chi connectivity index (χ0v) is 12.1. The van der Waals surface area contributed by atoms with E-state index < -0.39 is 0 Å². The third kappa shape index (κ3) is 2.90. The molecule has 100 valence electrons. The Hall–Kier alpha value is -1.95. The number of carbonyl (C=O) groups is 1. The van der Waals surface area contributed by atoms with Gasteiger partial charge in [0.2, 0.25) is 0 Å². The van der Waals surface area contributed by atoms with E-state index in [1.165, 1.54) is 18.4 Å². The van der Waals surface area contributed by atoms with E-state index in [1.54, 1.807) is 0 Å². The number of amides is 1. The van der Waals surface area contributed by atoms with Gasteiger partial charge < -0.3 is 10.1 Å². The lowest BCUT2D eigenvalue weighted by atomic mass is 10.2. The van der Waals surface area contributed by atoms with Gasteiger partial charge in [-0.25, -0.2) is 0 Å². The second kappa shape index (κ2) is 5.36. The van der Waals surface area contributed by atoms with Crippen molar-refractivity contribution >= 4 is 22.9 Å². The molecule has 0 atom stereocenters. The fourth-order valence-electron chi connectivity index (χ4n) is 1.68. The second-order valence-electron chi connectivity index (χ2n) is 4.20. The first-order valence-electron chi connectivity index (χ1n) is 5.77. The predicted molar refractivity (Wildman–Crippen MR) is 75.1 cm³/mol. The fourth-order valence-corrected chi connectivity index (χ4v) is 2.48. The van der Waals surface area contributed by atoms with Gasteiger partial charge in [-0.15, -0.1) is 11.3 Å². The summed E-state index contributed by atoms with van der Waals surface area (Å²) in [4.78, 5) is 21.1. The number of hydrogen-bond acceptors (Lipinski definition) is 5. The summed E-state index contributed by atoms with van der Waals surface area (Å²) >= 11 is 1.42. The summed E-state index contributed by atoms with van der Waals surface area (Å²) in [6, 6.07) is 2.16. The zero-order valence-electron chi connectivity index (χ0n) is 11.3. The molecule has 0 saturated carbocycles. The minimum Gasteiger partial charge on any atom is -0.467 e. The van der Waals surface area contributed by atoms with Crippen LogP contribution in [0.3, 0.4) is 0 Å². The number of aryl methyl sites for hydroxylation is 3. The first kappa shape index (κ1) is 13.5. The molecule has 0 aliphatic heterocycles. The van der Waals surface area contributed by atoms with E-state index in [4.69, 9.17) is 4.74 Å². The minimum atomic E-state index is -0.141. The lowest BCUT2D eigenvalue weighted by Gasteiger charge is -2.10. The van der Waals surface area contributed by atoms with Crippen molar-refractivity contribution < 1.29 is 9.53 Å². The van der Waals surface area contributed by atoms with Crippen LogP contribution in [0.4, 0.5) is 5.69 Å². The second-order valence-corrected chi connectivity index (χ2v) is 5.11. The van der Waals surface area contributed by atoms with Gasteiger partial charge in [0.1, 0.15) is 0 Å². The molecule has 1 N–H and O–H groups in total. The van der Waals surface area contributed by atoms with Gasteiger partial charge in [0.25, 0.3) is 5.91 Å². The molecule has 2 heterocycles. The SMILES string of the molecule is COc1nc(C)c(NC(=O)c2cc(C)cs2)c(C)n1. The Labute approximate surface area is 115 Å². The Morgan fingerprint density at radius 1 is 1.26 bits per heavy atom. The van der Waals surface area contributed by atoms with Crippen LogP contribution in [0.5, 0.6) is 6.01 Å². The number of methoxy groups -OCH3 is 1.